The van der Waals surface area contributed by atoms with Crippen molar-refractivity contribution in [3.05, 3.63) is 0 Å². The Hall–Kier alpha value is -0.120. The van der Waals surface area contributed by atoms with Gasteiger partial charge in [0.2, 0.25) is 0 Å². The van der Waals surface area contributed by atoms with Crippen LogP contribution in [0, 0.1) is 5.41 Å². The minimum Gasteiger partial charge on any atom is -0.385 e. The fourth-order valence-corrected chi connectivity index (χ4v) is 3.27. The average Bonchev–Trinajstić information content (AvgIpc) is 3.20. The van der Waals surface area contributed by atoms with E-state index in [9.17, 15) is 0 Å². The van der Waals surface area contributed by atoms with Crippen LogP contribution in [0.2, 0.25) is 0 Å². The van der Waals surface area contributed by atoms with Crippen LogP contribution in [0.15, 0.2) is 0 Å². The molecule has 2 aliphatic rings. The van der Waals surface area contributed by atoms with E-state index in [2.05, 4.69) is 17.1 Å². The Balaban J connectivity index is 1.66. The molecule has 1 heterocycles. The van der Waals surface area contributed by atoms with Gasteiger partial charge in [0.1, 0.15) is 0 Å². The third-order valence-corrected chi connectivity index (χ3v) is 4.92. The summed E-state index contributed by atoms with van der Waals surface area (Å²) in [4.78, 5) is 2.64. The van der Waals surface area contributed by atoms with Crippen molar-refractivity contribution < 1.29 is 4.74 Å². The molecule has 0 aromatic heterocycles. The van der Waals surface area contributed by atoms with Crippen molar-refractivity contribution in [3.8, 4) is 0 Å². The maximum Gasteiger partial charge on any atom is 0.0468 e. The molecule has 1 aliphatic carbocycles. The van der Waals surface area contributed by atoms with Crippen LogP contribution in [-0.4, -0.2) is 50.8 Å². The molecule has 112 valence electrons. The SMILES string of the molecule is CCCN1CCCC(NCC2(CCOC)CC2)CC1. The quantitative estimate of drug-likeness (QED) is 0.732. The van der Waals surface area contributed by atoms with Gasteiger partial charge in [0, 0.05) is 26.3 Å². The second-order valence-electron chi connectivity index (χ2n) is 6.59. The van der Waals surface area contributed by atoms with Crippen molar-refractivity contribution in [1.82, 2.24) is 10.2 Å². The van der Waals surface area contributed by atoms with Gasteiger partial charge in [-0.15, -0.1) is 0 Å². The first kappa shape index (κ1) is 15.3. The van der Waals surface area contributed by atoms with Crippen molar-refractivity contribution >= 4 is 0 Å². The number of rotatable bonds is 8. The number of likely N-dealkylation sites (tertiary alicyclic amines) is 1. The summed E-state index contributed by atoms with van der Waals surface area (Å²) in [5.41, 5.74) is 0.589. The second kappa shape index (κ2) is 7.61. The molecule has 0 radical (unpaired) electrons. The Morgan fingerprint density at radius 1 is 1.26 bits per heavy atom. The Morgan fingerprint density at radius 3 is 2.79 bits per heavy atom. The van der Waals surface area contributed by atoms with Crippen LogP contribution in [0.5, 0.6) is 0 Å². The van der Waals surface area contributed by atoms with Gasteiger partial charge in [-0.3, -0.25) is 0 Å². The highest BCUT2D eigenvalue weighted by Crippen LogP contribution is 2.48. The molecule has 1 saturated carbocycles. The van der Waals surface area contributed by atoms with E-state index in [4.69, 9.17) is 4.74 Å². The van der Waals surface area contributed by atoms with Crippen LogP contribution in [0.25, 0.3) is 0 Å². The van der Waals surface area contributed by atoms with E-state index < -0.39 is 0 Å². The topological polar surface area (TPSA) is 24.5 Å². The van der Waals surface area contributed by atoms with Crippen LogP contribution >= 0.6 is 0 Å². The predicted octanol–water partition coefficient (Wildman–Crippen LogP) is 2.66. The fraction of sp³-hybridized carbons (Fsp3) is 1.00. The van der Waals surface area contributed by atoms with Crippen molar-refractivity contribution in [2.24, 2.45) is 5.41 Å². The molecule has 1 unspecified atom stereocenters. The first-order valence-corrected chi connectivity index (χ1v) is 8.23. The summed E-state index contributed by atoms with van der Waals surface area (Å²) >= 11 is 0. The third-order valence-electron chi connectivity index (χ3n) is 4.92. The molecule has 3 heteroatoms. The highest BCUT2D eigenvalue weighted by Gasteiger charge is 2.41. The van der Waals surface area contributed by atoms with Gasteiger partial charge in [-0.2, -0.15) is 0 Å². The number of hydrogen-bond acceptors (Lipinski definition) is 3. The zero-order chi connectivity index (χ0) is 13.6. The predicted molar refractivity (Wildman–Crippen MR) is 80.5 cm³/mol. The molecule has 2 rings (SSSR count). The van der Waals surface area contributed by atoms with E-state index >= 15 is 0 Å². The zero-order valence-electron chi connectivity index (χ0n) is 12.9. The summed E-state index contributed by atoms with van der Waals surface area (Å²) < 4.78 is 5.24. The van der Waals surface area contributed by atoms with Crippen molar-refractivity contribution in [2.45, 2.75) is 57.9 Å². The molecule has 0 aromatic rings. The summed E-state index contributed by atoms with van der Waals surface area (Å²) in [7, 11) is 1.82. The van der Waals surface area contributed by atoms with Gasteiger partial charge in [-0.1, -0.05) is 6.92 Å². The molecule has 0 bridgehead atoms. The number of nitrogens with one attached hydrogen (secondary N) is 1. The maximum absolute atomic E-state index is 5.24. The first-order chi connectivity index (χ1) is 9.28. The number of ether oxygens (including phenoxy) is 1. The molecule has 0 spiro atoms. The van der Waals surface area contributed by atoms with E-state index in [-0.39, 0.29) is 0 Å². The molecule has 1 atom stereocenters. The molecule has 0 aromatic carbocycles. The highest BCUT2D eigenvalue weighted by molar-refractivity contribution is 4.95. The Morgan fingerprint density at radius 2 is 2.11 bits per heavy atom. The van der Waals surface area contributed by atoms with E-state index in [1.165, 1.54) is 71.1 Å². The van der Waals surface area contributed by atoms with Gasteiger partial charge in [0.15, 0.2) is 0 Å². The standard InChI is InChI=1S/C16H32N2O/c1-3-10-18-11-4-5-15(6-12-18)17-14-16(7-8-16)9-13-19-2/h15,17H,3-14H2,1-2H3. The van der Waals surface area contributed by atoms with Crippen LogP contribution in [0.4, 0.5) is 0 Å². The zero-order valence-corrected chi connectivity index (χ0v) is 12.9. The molecule has 1 N–H and O–H groups in total. The molecular formula is C16H32N2O. The van der Waals surface area contributed by atoms with Crippen LogP contribution in [0.3, 0.4) is 0 Å². The number of methoxy groups -OCH3 is 1. The van der Waals surface area contributed by atoms with Crippen LogP contribution in [0.1, 0.15) is 51.9 Å². The van der Waals surface area contributed by atoms with Gasteiger partial charge in [0.05, 0.1) is 0 Å². The lowest BCUT2D eigenvalue weighted by molar-refractivity contribution is 0.169. The first-order valence-electron chi connectivity index (χ1n) is 8.23. The number of nitrogens with zero attached hydrogens (tertiary/aromatic N) is 1. The van der Waals surface area contributed by atoms with Crippen molar-refractivity contribution in [1.29, 1.82) is 0 Å². The maximum atomic E-state index is 5.24. The average molecular weight is 268 g/mol. The summed E-state index contributed by atoms with van der Waals surface area (Å²) in [5, 5.41) is 3.85. The smallest absolute Gasteiger partial charge is 0.0468 e. The minimum absolute atomic E-state index is 0.589. The highest BCUT2D eigenvalue weighted by atomic mass is 16.5. The minimum atomic E-state index is 0.589. The third kappa shape index (κ3) is 5.05. The summed E-state index contributed by atoms with van der Waals surface area (Å²) in [5.74, 6) is 0. The van der Waals surface area contributed by atoms with Gasteiger partial charge >= 0.3 is 0 Å². The Labute approximate surface area is 119 Å². The van der Waals surface area contributed by atoms with Gasteiger partial charge in [-0.05, 0) is 70.0 Å². The Kier molecular flexibility index (Phi) is 6.11. The largest absolute Gasteiger partial charge is 0.385 e. The summed E-state index contributed by atoms with van der Waals surface area (Å²) in [6.07, 6.45) is 9.39. The van der Waals surface area contributed by atoms with Crippen LogP contribution < -0.4 is 5.32 Å². The lowest BCUT2D eigenvalue weighted by Gasteiger charge is -2.22. The normalized spacial score (nSPS) is 27.2. The van der Waals surface area contributed by atoms with Gasteiger partial charge < -0.3 is 15.0 Å². The molecule has 1 saturated heterocycles. The van der Waals surface area contributed by atoms with Crippen molar-refractivity contribution in [3.63, 3.8) is 0 Å². The van der Waals surface area contributed by atoms with Gasteiger partial charge in [-0.25, -0.2) is 0 Å². The Bertz CT molecular complexity index is 253. The molecule has 1 aliphatic heterocycles. The van der Waals surface area contributed by atoms with Crippen molar-refractivity contribution in [2.75, 3.05) is 39.9 Å². The molecule has 19 heavy (non-hydrogen) atoms. The van der Waals surface area contributed by atoms with Crippen LogP contribution in [-0.2, 0) is 4.74 Å². The summed E-state index contributed by atoms with van der Waals surface area (Å²) in [6, 6.07) is 0.752. The number of hydrogen-bond donors (Lipinski definition) is 1. The fourth-order valence-electron chi connectivity index (χ4n) is 3.27. The van der Waals surface area contributed by atoms with Gasteiger partial charge in [0.25, 0.3) is 0 Å². The monoisotopic (exact) mass is 268 g/mol. The lowest BCUT2D eigenvalue weighted by Crippen LogP contribution is -2.35. The molecular weight excluding hydrogens is 236 g/mol. The lowest BCUT2D eigenvalue weighted by atomic mass is 10.0. The molecule has 2 fully saturated rings. The second-order valence-corrected chi connectivity index (χ2v) is 6.59. The van der Waals surface area contributed by atoms with E-state index in [1.54, 1.807) is 0 Å². The summed E-state index contributed by atoms with van der Waals surface area (Å²) in [6.45, 7) is 8.31. The molecule has 3 nitrogen and oxygen atoms in total. The molecule has 0 amide bonds. The van der Waals surface area contributed by atoms with E-state index in [0.717, 1.165) is 12.6 Å². The van der Waals surface area contributed by atoms with E-state index in [0.29, 0.717) is 5.41 Å². The van der Waals surface area contributed by atoms with E-state index in [1.807, 2.05) is 7.11 Å².